The molecular weight excluding hydrogens is 428 g/mol. The van der Waals surface area contributed by atoms with Crippen molar-refractivity contribution in [2.24, 2.45) is 0 Å². The Morgan fingerprint density at radius 2 is 1.69 bits per heavy atom. The second kappa shape index (κ2) is 7.18. The van der Waals surface area contributed by atoms with Crippen molar-refractivity contribution in [2.75, 3.05) is 5.32 Å². The zero-order valence-corrected chi connectivity index (χ0v) is 16.8. The van der Waals surface area contributed by atoms with Crippen LogP contribution in [0.15, 0.2) is 93.8 Å². The number of carbonyl (C=O) groups excluding carboxylic acids is 1. The Morgan fingerprint density at radius 3 is 2.59 bits per heavy atom. The molecule has 5 rings (SSSR count). The van der Waals surface area contributed by atoms with E-state index in [0.29, 0.717) is 28.2 Å². The molecule has 0 fully saturated rings. The van der Waals surface area contributed by atoms with Crippen molar-refractivity contribution >= 4 is 49.4 Å². The first-order valence-corrected chi connectivity index (χ1v) is 9.93. The maximum Gasteiger partial charge on any atom is 0.256 e. The zero-order chi connectivity index (χ0) is 19.8. The highest BCUT2D eigenvalue weighted by atomic mass is 79.9. The molecule has 0 spiro atoms. The van der Waals surface area contributed by atoms with E-state index >= 15 is 0 Å². The summed E-state index contributed by atoms with van der Waals surface area (Å²) >= 11 is 3.41. The van der Waals surface area contributed by atoms with Gasteiger partial charge in [-0.3, -0.25) is 4.79 Å². The highest BCUT2D eigenvalue weighted by Gasteiger charge is 2.13. The summed E-state index contributed by atoms with van der Waals surface area (Å²) < 4.78 is 6.74. The van der Waals surface area contributed by atoms with Gasteiger partial charge in [-0.15, -0.1) is 0 Å². The summed E-state index contributed by atoms with van der Waals surface area (Å²) in [6, 6.07) is 27.0. The van der Waals surface area contributed by atoms with Crippen LogP contribution in [-0.4, -0.2) is 10.9 Å². The Balaban J connectivity index is 1.51. The number of nitrogens with zero attached hydrogens (tertiary/aromatic N) is 1. The van der Waals surface area contributed by atoms with Crippen LogP contribution in [0, 0.1) is 0 Å². The van der Waals surface area contributed by atoms with Crippen LogP contribution in [0.3, 0.4) is 0 Å². The lowest BCUT2D eigenvalue weighted by Gasteiger charge is -2.06. The van der Waals surface area contributed by atoms with Crippen LogP contribution in [0.25, 0.3) is 33.3 Å². The summed E-state index contributed by atoms with van der Waals surface area (Å²) in [7, 11) is 0. The minimum Gasteiger partial charge on any atom is -0.436 e. The Morgan fingerprint density at radius 1 is 0.897 bits per heavy atom. The molecular formula is C24H15BrN2O2. The summed E-state index contributed by atoms with van der Waals surface area (Å²) in [5.74, 6) is 0.376. The van der Waals surface area contributed by atoms with E-state index in [1.807, 2.05) is 60.7 Å². The van der Waals surface area contributed by atoms with Crippen LogP contribution in [0.2, 0.25) is 0 Å². The minimum atomic E-state index is -0.186. The van der Waals surface area contributed by atoms with Gasteiger partial charge in [0.05, 0.1) is 5.56 Å². The van der Waals surface area contributed by atoms with E-state index in [0.717, 1.165) is 20.8 Å². The molecule has 140 valence electrons. The van der Waals surface area contributed by atoms with Crippen molar-refractivity contribution in [1.29, 1.82) is 0 Å². The fraction of sp³-hybridized carbons (Fsp3) is 0. The predicted octanol–water partition coefficient (Wildman–Crippen LogP) is 6.66. The number of fused-ring (bicyclic) bond motifs is 2. The lowest BCUT2D eigenvalue weighted by atomic mass is 10.0. The van der Waals surface area contributed by atoms with Gasteiger partial charge in [-0.25, -0.2) is 4.98 Å². The number of rotatable bonds is 3. The topological polar surface area (TPSA) is 55.1 Å². The van der Waals surface area contributed by atoms with E-state index in [-0.39, 0.29) is 5.91 Å². The molecule has 0 atom stereocenters. The number of carbonyl (C=O) groups is 1. The van der Waals surface area contributed by atoms with E-state index in [2.05, 4.69) is 44.4 Å². The van der Waals surface area contributed by atoms with E-state index in [9.17, 15) is 4.79 Å². The number of amides is 1. The standard InChI is InChI=1S/C24H15BrN2O2/c25-20-11-4-3-9-19(20)23(28)26-16-12-13-22-21(14-16)27-24(29-22)18-10-5-7-15-6-1-2-8-17(15)18/h1-14H,(H,26,28). The summed E-state index contributed by atoms with van der Waals surface area (Å²) in [5.41, 5.74) is 3.54. The van der Waals surface area contributed by atoms with Gasteiger partial charge in [0.25, 0.3) is 5.91 Å². The van der Waals surface area contributed by atoms with E-state index in [4.69, 9.17) is 4.42 Å². The third kappa shape index (κ3) is 3.30. The molecule has 1 amide bonds. The van der Waals surface area contributed by atoms with Crippen LogP contribution in [0.5, 0.6) is 0 Å². The van der Waals surface area contributed by atoms with Gasteiger partial charge >= 0.3 is 0 Å². The molecule has 29 heavy (non-hydrogen) atoms. The molecule has 4 aromatic carbocycles. The van der Waals surface area contributed by atoms with Crippen LogP contribution < -0.4 is 5.32 Å². The quantitative estimate of drug-likeness (QED) is 0.339. The lowest BCUT2D eigenvalue weighted by Crippen LogP contribution is -2.12. The number of nitrogens with one attached hydrogen (secondary N) is 1. The molecule has 0 radical (unpaired) electrons. The van der Waals surface area contributed by atoms with Crippen molar-refractivity contribution in [1.82, 2.24) is 4.98 Å². The van der Waals surface area contributed by atoms with E-state index in [1.165, 1.54) is 0 Å². The first-order valence-electron chi connectivity index (χ1n) is 9.14. The van der Waals surface area contributed by atoms with Gasteiger partial charge in [0.2, 0.25) is 5.89 Å². The molecule has 1 aromatic heterocycles. The molecule has 5 heteroatoms. The zero-order valence-electron chi connectivity index (χ0n) is 15.2. The third-order valence-electron chi connectivity index (χ3n) is 4.78. The predicted molar refractivity (Wildman–Crippen MR) is 119 cm³/mol. The Kier molecular flexibility index (Phi) is 4.37. The van der Waals surface area contributed by atoms with Crippen molar-refractivity contribution in [3.05, 3.63) is 95.0 Å². The highest BCUT2D eigenvalue weighted by Crippen LogP contribution is 2.31. The number of oxazole rings is 1. The molecule has 1 N–H and O–H groups in total. The SMILES string of the molecule is O=C(Nc1ccc2oc(-c3cccc4ccccc34)nc2c1)c1ccccc1Br. The molecule has 0 saturated carbocycles. The number of aromatic nitrogens is 1. The van der Waals surface area contributed by atoms with Gasteiger partial charge < -0.3 is 9.73 Å². The average Bonchev–Trinajstić information content (AvgIpc) is 3.17. The molecule has 5 aromatic rings. The third-order valence-corrected chi connectivity index (χ3v) is 5.48. The number of hydrogen-bond acceptors (Lipinski definition) is 3. The number of anilines is 1. The van der Waals surface area contributed by atoms with Crippen LogP contribution in [0.4, 0.5) is 5.69 Å². The maximum atomic E-state index is 12.6. The van der Waals surface area contributed by atoms with Crippen molar-refractivity contribution in [3.63, 3.8) is 0 Å². The van der Waals surface area contributed by atoms with Gasteiger partial charge in [0, 0.05) is 15.7 Å². The van der Waals surface area contributed by atoms with Crippen molar-refractivity contribution in [2.45, 2.75) is 0 Å². The molecule has 0 saturated heterocycles. The fourth-order valence-electron chi connectivity index (χ4n) is 3.38. The summed E-state index contributed by atoms with van der Waals surface area (Å²) in [5, 5.41) is 5.14. The number of halogens is 1. The molecule has 1 heterocycles. The van der Waals surface area contributed by atoms with Crippen LogP contribution in [-0.2, 0) is 0 Å². The van der Waals surface area contributed by atoms with E-state index in [1.54, 1.807) is 6.07 Å². The van der Waals surface area contributed by atoms with Gasteiger partial charge in [-0.2, -0.15) is 0 Å². The summed E-state index contributed by atoms with van der Waals surface area (Å²) in [4.78, 5) is 17.2. The maximum absolute atomic E-state index is 12.6. The second-order valence-electron chi connectivity index (χ2n) is 6.66. The average molecular weight is 443 g/mol. The Labute approximate surface area is 175 Å². The smallest absolute Gasteiger partial charge is 0.256 e. The van der Waals surface area contributed by atoms with Crippen LogP contribution in [0.1, 0.15) is 10.4 Å². The molecule has 4 nitrogen and oxygen atoms in total. The number of benzene rings is 4. The monoisotopic (exact) mass is 442 g/mol. The first-order chi connectivity index (χ1) is 14.2. The second-order valence-corrected chi connectivity index (χ2v) is 7.52. The summed E-state index contributed by atoms with van der Waals surface area (Å²) in [6.07, 6.45) is 0. The molecule has 0 unspecified atom stereocenters. The van der Waals surface area contributed by atoms with Gasteiger partial charge in [0.15, 0.2) is 5.58 Å². The van der Waals surface area contributed by atoms with Gasteiger partial charge in [-0.1, -0.05) is 48.5 Å². The Bertz CT molecular complexity index is 1370. The number of hydrogen-bond donors (Lipinski definition) is 1. The largest absolute Gasteiger partial charge is 0.436 e. The molecule has 0 aliphatic heterocycles. The van der Waals surface area contributed by atoms with E-state index < -0.39 is 0 Å². The Hall–Kier alpha value is -3.44. The highest BCUT2D eigenvalue weighted by molar-refractivity contribution is 9.10. The molecule has 0 aliphatic rings. The van der Waals surface area contributed by atoms with Crippen molar-refractivity contribution < 1.29 is 9.21 Å². The molecule has 0 bridgehead atoms. The molecule has 0 aliphatic carbocycles. The minimum absolute atomic E-state index is 0.186. The first kappa shape index (κ1) is 17.6. The van der Waals surface area contributed by atoms with Crippen molar-refractivity contribution in [3.8, 4) is 11.5 Å². The summed E-state index contributed by atoms with van der Waals surface area (Å²) in [6.45, 7) is 0. The normalized spacial score (nSPS) is 11.1. The van der Waals surface area contributed by atoms with Gasteiger partial charge in [0.1, 0.15) is 5.52 Å². The lowest BCUT2D eigenvalue weighted by molar-refractivity contribution is 0.102. The van der Waals surface area contributed by atoms with Crippen LogP contribution >= 0.6 is 15.9 Å². The van der Waals surface area contributed by atoms with Gasteiger partial charge in [-0.05, 0) is 63.1 Å². The fourth-order valence-corrected chi connectivity index (χ4v) is 3.84.